The lowest BCUT2D eigenvalue weighted by molar-refractivity contribution is -0.0112. The van der Waals surface area contributed by atoms with Crippen LogP contribution in [-0.2, 0) is 11.8 Å². The number of ether oxygens (including phenoxy) is 1. The van der Waals surface area contributed by atoms with Crippen LogP contribution in [0, 0.1) is 11.8 Å². The SMILES string of the molecule is [2H]C([2H])([2H])N1C([2H])([2H])C([2H])([2H])[C@]23c4cc(OC)ccc4C([2H])([2H])[C@@]1([2H])[C@@]2([2H])C([2H])([2H])C([2H])(C)C([2H])([2H])C3([2H])[2H]. The van der Waals surface area contributed by atoms with Crippen molar-refractivity contribution < 1.29 is 29.4 Å². The quantitative estimate of drug-likeness (QED) is 0.785. The fraction of sp³-hybridized carbons (Fsp3) is 0.684. The second-order valence-electron chi connectivity index (χ2n) is 5.08. The number of nitrogens with zero attached hydrogens (tertiary/aromatic N) is 1. The van der Waals surface area contributed by atoms with Gasteiger partial charge >= 0.3 is 0 Å². The third-order valence-corrected chi connectivity index (χ3v) is 3.82. The molecule has 21 heavy (non-hydrogen) atoms. The van der Waals surface area contributed by atoms with Crippen molar-refractivity contribution in [2.24, 2.45) is 11.8 Å². The first-order chi connectivity index (χ1) is 17.0. The summed E-state index contributed by atoms with van der Waals surface area (Å²) in [6.07, 6.45) is -19.1. The van der Waals surface area contributed by atoms with Gasteiger partial charge in [0.05, 0.1) is 7.11 Å². The Morgan fingerprint density at radius 1 is 1.48 bits per heavy atom. The van der Waals surface area contributed by atoms with Gasteiger partial charge in [0.15, 0.2) is 0 Å². The third kappa shape index (κ3) is 1.88. The summed E-state index contributed by atoms with van der Waals surface area (Å²) in [5.41, 5.74) is -5.42. The summed E-state index contributed by atoms with van der Waals surface area (Å²) in [6, 6.07) is -1.12. The van der Waals surface area contributed by atoms with E-state index >= 15 is 0 Å². The Hall–Kier alpha value is -1.02. The predicted octanol–water partition coefficient (Wildman–Crippen LogP) is 3.63. The molecule has 2 fully saturated rings. The molecular formula is C19H27NO. The highest BCUT2D eigenvalue weighted by molar-refractivity contribution is 5.45. The highest BCUT2D eigenvalue weighted by atomic mass is 16.5. The van der Waals surface area contributed by atoms with Crippen LogP contribution in [0.5, 0.6) is 5.75 Å². The number of piperidine rings is 1. The Balaban J connectivity index is 2.51. The standard InChI is InChI=1S/C19H27NO/c1-13-6-7-19-8-9-20(2)18(17(19)10-13)11-14-4-5-15(21-3)12-16(14)19/h4-5,12-13,17-18H,6-11H2,1-3H3/t13?,17-,18+,19-/m1/s1/i2D3,6D2,7D2,8D2,9D2,10D2,11D2,13D,17D,18D. The maximum absolute atomic E-state index is 9.66. The van der Waals surface area contributed by atoms with E-state index in [0.29, 0.717) is 6.92 Å². The molecule has 1 saturated carbocycles. The van der Waals surface area contributed by atoms with Gasteiger partial charge in [-0.2, -0.15) is 0 Å². The smallest absolute Gasteiger partial charge is 0.119 e. The number of benzene rings is 1. The molecule has 2 heteroatoms. The molecule has 1 aromatic carbocycles. The number of hydrogen-bond acceptors (Lipinski definition) is 2. The van der Waals surface area contributed by atoms with Crippen molar-refractivity contribution in [1.29, 1.82) is 0 Å². The van der Waals surface area contributed by atoms with Gasteiger partial charge in [0.25, 0.3) is 0 Å². The molecule has 1 saturated heterocycles. The summed E-state index contributed by atoms with van der Waals surface area (Å²) >= 11 is 0. The number of rotatable bonds is 1. The molecule has 0 N–H and O–H groups in total. The van der Waals surface area contributed by atoms with Crippen LogP contribution in [0.3, 0.4) is 0 Å². The lowest BCUT2D eigenvalue weighted by atomic mass is 9.51. The highest BCUT2D eigenvalue weighted by Gasteiger charge is 2.54. The lowest BCUT2D eigenvalue weighted by Gasteiger charge is -2.59. The van der Waals surface area contributed by atoms with Gasteiger partial charge in [-0.15, -0.1) is 0 Å². The molecule has 1 unspecified atom stereocenters. The predicted molar refractivity (Wildman–Crippen MR) is 85.9 cm³/mol. The zero-order valence-electron chi connectivity index (χ0n) is 29.6. The number of methoxy groups -OCH3 is 1. The largest absolute Gasteiger partial charge is 0.497 e. The lowest BCUT2D eigenvalue weighted by Crippen LogP contribution is -2.60. The zero-order chi connectivity index (χ0) is 30.6. The van der Waals surface area contributed by atoms with Crippen LogP contribution < -0.4 is 4.74 Å². The molecule has 2 aliphatic carbocycles. The molecule has 0 spiro atoms. The maximum Gasteiger partial charge on any atom is 0.119 e. The Bertz CT molecular complexity index is 1240. The first-order valence-corrected chi connectivity index (χ1v) is 6.52. The first-order valence-electron chi connectivity index (χ1n) is 15.5. The summed E-state index contributed by atoms with van der Waals surface area (Å²) < 4.78 is 164. The van der Waals surface area contributed by atoms with Crippen molar-refractivity contribution >= 4 is 0 Å². The summed E-state index contributed by atoms with van der Waals surface area (Å²) in [7, 11) is 1.14. The minimum absolute atomic E-state index is 0.190. The molecule has 4 atom stereocenters. The Morgan fingerprint density at radius 2 is 2.38 bits per heavy atom. The molecule has 3 aliphatic rings. The molecule has 0 aromatic heterocycles. The van der Waals surface area contributed by atoms with E-state index in [2.05, 4.69) is 0 Å². The second-order valence-corrected chi connectivity index (χ2v) is 5.08. The minimum Gasteiger partial charge on any atom is -0.497 e. The van der Waals surface area contributed by atoms with Crippen LogP contribution in [-0.4, -0.2) is 31.5 Å². The molecule has 1 aromatic rings. The van der Waals surface area contributed by atoms with Crippen molar-refractivity contribution in [3.8, 4) is 5.75 Å². The molecule has 114 valence electrons. The van der Waals surface area contributed by atoms with Crippen molar-refractivity contribution in [3.05, 3.63) is 29.3 Å². The number of likely N-dealkylation sites (tertiary alicyclic amines) is 1. The maximum atomic E-state index is 9.66. The number of hydrogen-bond donors (Lipinski definition) is 0. The van der Waals surface area contributed by atoms with Crippen molar-refractivity contribution in [3.63, 3.8) is 0 Å². The number of likely N-dealkylation sites (N-methyl/N-ethyl adjacent to an activating group) is 1. The number of fused-ring (bicyclic) bond motifs is 1. The van der Waals surface area contributed by atoms with Crippen LogP contribution in [0.1, 0.15) is 68.2 Å². The van der Waals surface area contributed by atoms with Crippen molar-refractivity contribution in [1.82, 2.24) is 4.90 Å². The van der Waals surface area contributed by atoms with Gasteiger partial charge < -0.3 is 9.64 Å². The molecule has 4 rings (SSSR count). The van der Waals surface area contributed by atoms with Gasteiger partial charge in [-0.25, -0.2) is 0 Å². The van der Waals surface area contributed by atoms with E-state index in [0.717, 1.165) is 25.3 Å². The normalized spacial score (nSPS) is 76.7. The van der Waals surface area contributed by atoms with Crippen LogP contribution >= 0.6 is 0 Å². The molecule has 1 heterocycles. The third-order valence-electron chi connectivity index (χ3n) is 3.82. The van der Waals surface area contributed by atoms with E-state index in [1.165, 1.54) is 0 Å². The van der Waals surface area contributed by atoms with E-state index in [-0.39, 0.29) is 5.75 Å². The fourth-order valence-corrected chi connectivity index (χ4v) is 2.79. The van der Waals surface area contributed by atoms with Gasteiger partial charge in [0.1, 0.15) is 5.75 Å². The van der Waals surface area contributed by atoms with E-state index < -0.39 is 84.6 Å². The van der Waals surface area contributed by atoms with Crippen LogP contribution in [0.2, 0.25) is 0 Å². The van der Waals surface area contributed by atoms with Gasteiger partial charge in [0.2, 0.25) is 0 Å². The van der Waals surface area contributed by atoms with Crippen LogP contribution in [0.15, 0.2) is 18.2 Å². The average molecular weight is 304 g/mol. The Labute approximate surface area is 153 Å². The highest BCUT2D eigenvalue weighted by Crippen LogP contribution is 2.56. The van der Waals surface area contributed by atoms with Crippen LogP contribution in [0.4, 0.5) is 0 Å². The van der Waals surface area contributed by atoms with Gasteiger partial charge in [0, 0.05) is 36.1 Å². The summed E-state index contributed by atoms with van der Waals surface area (Å²) in [5, 5.41) is 0. The molecular weight excluding hydrogens is 258 g/mol. The van der Waals surface area contributed by atoms with Crippen molar-refractivity contribution in [2.45, 2.75) is 50.2 Å². The van der Waals surface area contributed by atoms with Crippen molar-refractivity contribution in [2.75, 3.05) is 20.6 Å². The second kappa shape index (κ2) is 4.74. The molecule has 2 nitrogen and oxygen atoms in total. The average Bonchev–Trinajstić information content (AvgIpc) is 2.74. The summed E-state index contributed by atoms with van der Waals surface area (Å²) in [5.74, 6) is -7.57. The Morgan fingerprint density at radius 3 is 3.19 bits per heavy atom. The minimum atomic E-state index is -4.04. The first kappa shape index (κ1) is 4.29. The molecule has 0 amide bonds. The van der Waals surface area contributed by atoms with E-state index in [4.69, 9.17) is 26.7 Å². The fourth-order valence-electron chi connectivity index (χ4n) is 2.79. The topological polar surface area (TPSA) is 12.5 Å². The van der Waals surface area contributed by atoms with Gasteiger partial charge in [-0.1, -0.05) is 13.0 Å². The van der Waals surface area contributed by atoms with Gasteiger partial charge in [-0.3, -0.25) is 0 Å². The molecule has 1 aliphatic heterocycles. The summed E-state index contributed by atoms with van der Waals surface area (Å²) in [6.45, 7) is -7.34. The molecule has 2 bridgehead atoms. The van der Waals surface area contributed by atoms with E-state index in [1.807, 2.05) is 0 Å². The monoisotopic (exact) mass is 303 g/mol. The Kier molecular flexibility index (Phi) is 0.967. The van der Waals surface area contributed by atoms with E-state index in [9.17, 15) is 2.74 Å². The molecule has 0 radical (unpaired) electrons. The zero-order valence-corrected chi connectivity index (χ0v) is 11.6. The van der Waals surface area contributed by atoms with Gasteiger partial charge in [-0.05, 0) is 80.4 Å². The van der Waals surface area contributed by atoms with E-state index in [1.54, 1.807) is 0 Å². The summed E-state index contributed by atoms with van der Waals surface area (Å²) in [4.78, 5) is -0.545. The van der Waals surface area contributed by atoms with Crippen LogP contribution in [0.25, 0.3) is 0 Å².